The number of cyclic esters (lactones) is 1. The monoisotopic (exact) mass is 346 g/mol. The van der Waals surface area contributed by atoms with E-state index in [1.165, 1.54) is 17.0 Å². The molecule has 0 saturated carbocycles. The summed E-state index contributed by atoms with van der Waals surface area (Å²) < 4.78 is 24.6. The minimum atomic E-state index is -1.00. The highest BCUT2D eigenvalue weighted by atomic mass is 19.1. The average Bonchev–Trinajstić information content (AvgIpc) is 2.85. The highest BCUT2D eigenvalue weighted by Crippen LogP contribution is 2.39. The van der Waals surface area contributed by atoms with Gasteiger partial charge in [-0.15, -0.1) is 6.58 Å². The number of carbonyl (C=O) groups excluding carboxylic acids is 3. The molecule has 8 heteroatoms. The summed E-state index contributed by atoms with van der Waals surface area (Å²) in [4.78, 5) is 38.4. The van der Waals surface area contributed by atoms with E-state index in [0.29, 0.717) is 10.5 Å². The first kappa shape index (κ1) is 16.7. The van der Waals surface area contributed by atoms with E-state index in [0.717, 1.165) is 6.07 Å². The Kier molecular flexibility index (Phi) is 4.03. The van der Waals surface area contributed by atoms with Crippen LogP contribution in [0.4, 0.5) is 20.6 Å². The summed E-state index contributed by atoms with van der Waals surface area (Å²) in [5, 5.41) is 0. The Morgan fingerprint density at radius 2 is 2.00 bits per heavy atom. The van der Waals surface area contributed by atoms with Crippen molar-refractivity contribution in [1.82, 2.24) is 0 Å². The number of allylic oxidation sites excluding steroid dienone is 1. The molecule has 25 heavy (non-hydrogen) atoms. The van der Waals surface area contributed by atoms with Gasteiger partial charge >= 0.3 is 12.0 Å². The quantitative estimate of drug-likeness (QED) is 0.621. The maximum Gasteiger partial charge on any atom is 0.427 e. The molecular formula is C17H15FN2O5. The topological polar surface area (TPSA) is 76.2 Å². The molecule has 7 nitrogen and oxygen atoms in total. The lowest BCUT2D eigenvalue weighted by Crippen LogP contribution is -2.39. The number of amides is 3. The van der Waals surface area contributed by atoms with Gasteiger partial charge in [0, 0.05) is 12.6 Å². The second-order valence-electron chi connectivity index (χ2n) is 5.69. The maximum absolute atomic E-state index is 14.5. The number of imide groups is 1. The van der Waals surface area contributed by atoms with E-state index in [-0.39, 0.29) is 41.9 Å². The molecule has 0 atom stereocenters. The van der Waals surface area contributed by atoms with Crippen LogP contribution >= 0.6 is 0 Å². The third kappa shape index (κ3) is 2.65. The number of nitrogens with zero attached hydrogens (tertiary/aromatic N) is 2. The molecule has 1 saturated heterocycles. The van der Waals surface area contributed by atoms with Crippen LogP contribution < -0.4 is 14.5 Å². The van der Waals surface area contributed by atoms with Gasteiger partial charge in [-0.25, -0.2) is 14.1 Å². The van der Waals surface area contributed by atoms with Crippen LogP contribution in [0.5, 0.6) is 5.75 Å². The molecule has 1 aromatic carbocycles. The third-order valence-electron chi connectivity index (χ3n) is 3.75. The second-order valence-corrected chi connectivity index (χ2v) is 5.69. The number of benzene rings is 1. The van der Waals surface area contributed by atoms with Crippen LogP contribution in [-0.4, -0.2) is 31.1 Å². The summed E-state index contributed by atoms with van der Waals surface area (Å²) >= 11 is 0. The van der Waals surface area contributed by atoms with E-state index < -0.39 is 17.8 Å². The van der Waals surface area contributed by atoms with E-state index in [2.05, 4.69) is 6.58 Å². The van der Waals surface area contributed by atoms with E-state index >= 15 is 0 Å². The minimum absolute atomic E-state index is 0.141. The third-order valence-corrected chi connectivity index (χ3v) is 3.75. The van der Waals surface area contributed by atoms with Crippen LogP contribution in [0.3, 0.4) is 0 Å². The lowest BCUT2D eigenvalue weighted by atomic mass is 10.1. The van der Waals surface area contributed by atoms with Gasteiger partial charge in [-0.3, -0.25) is 9.59 Å². The summed E-state index contributed by atoms with van der Waals surface area (Å²) in [5.74, 6) is -1.94. The van der Waals surface area contributed by atoms with Gasteiger partial charge in [0.25, 0.3) is 5.91 Å². The zero-order valence-electron chi connectivity index (χ0n) is 13.7. The highest BCUT2D eigenvalue weighted by molar-refractivity contribution is 6.24. The number of rotatable bonds is 3. The van der Waals surface area contributed by atoms with Crippen molar-refractivity contribution >= 4 is 29.3 Å². The fourth-order valence-electron chi connectivity index (χ4n) is 2.60. The van der Waals surface area contributed by atoms with Crippen molar-refractivity contribution in [3.8, 4) is 5.75 Å². The molecule has 3 rings (SSSR count). The Labute approximate surface area is 142 Å². The molecule has 0 unspecified atom stereocenters. The Morgan fingerprint density at radius 1 is 1.28 bits per heavy atom. The van der Waals surface area contributed by atoms with Crippen molar-refractivity contribution in [1.29, 1.82) is 0 Å². The predicted octanol–water partition coefficient (Wildman–Crippen LogP) is 2.51. The molecule has 1 aromatic rings. The number of fused-ring (bicyclic) bond motifs is 1. The maximum atomic E-state index is 14.5. The fourth-order valence-corrected chi connectivity index (χ4v) is 2.60. The first-order valence-corrected chi connectivity index (χ1v) is 7.46. The Bertz CT molecular complexity index is 842. The first-order chi connectivity index (χ1) is 11.8. The molecule has 0 aliphatic carbocycles. The Balaban J connectivity index is 2.11. The van der Waals surface area contributed by atoms with Gasteiger partial charge < -0.3 is 14.4 Å². The van der Waals surface area contributed by atoms with Gasteiger partial charge in [-0.05, 0) is 25.5 Å². The van der Waals surface area contributed by atoms with E-state index in [1.807, 2.05) is 0 Å². The van der Waals surface area contributed by atoms with Crippen molar-refractivity contribution in [3.05, 3.63) is 41.9 Å². The van der Waals surface area contributed by atoms with E-state index in [4.69, 9.17) is 9.47 Å². The van der Waals surface area contributed by atoms with Crippen LogP contribution in [0.2, 0.25) is 0 Å². The molecule has 130 valence electrons. The van der Waals surface area contributed by atoms with Crippen molar-refractivity contribution in [2.45, 2.75) is 13.8 Å². The number of halogens is 1. The lowest BCUT2D eigenvalue weighted by molar-refractivity contribution is -0.121. The summed E-state index contributed by atoms with van der Waals surface area (Å²) in [7, 11) is 0. The molecule has 2 heterocycles. The number of carbonyl (C=O) groups is 3. The molecule has 0 aromatic heterocycles. The minimum Gasteiger partial charge on any atom is -0.481 e. The van der Waals surface area contributed by atoms with Gasteiger partial charge in [0.1, 0.15) is 5.75 Å². The van der Waals surface area contributed by atoms with Crippen molar-refractivity contribution < 1.29 is 28.2 Å². The second kappa shape index (κ2) is 6.04. The Hall–Kier alpha value is -3.16. The molecule has 2 aliphatic rings. The van der Waals surface area contributed by atoms with Crippen LogP contribution in [0, 0.1) is 5.82 Å². The summed E-state index contributed by atoms with van der Waals surface area (Å²) in [6.07, 6.45) is 0.505. The van der Waals surface area contributed by atoms with Crippen LogP contribution in [0.15, 0.2) is 36.1 Å². The molecule has 0 bridgehead atoms. The fraction of sp³-hybridized carbons (Fsp3) is 0.235. The van der Waals surface area contributed by atoms with Crippen LogP contribution in [-0.2, 0) is 14.3 Å². The van der Waals surface area contributed by atoms with Gasteiger partial charge in [-0.1, -0.05) is 6.08 Å². The number of hydrogen-bond acceptors (Lipinski definition) is 5. The van der Waals surface area contributed by atoms with Gasteiger partial charge in [-0.2, -0.15) is 0 Å². The normalized spacial score (nSPS) is 16.6. The van der Waals surface area contributed by atoms with Crippen molar-refractivity contribution in [2.24, 2.45) is 0 Å². The van der Waals surface area contributed by atoms with Crippen LogP contribution in [0.1, 0.15) is 13.8 Å². The van der Waals surface area contributed by atoms with Crippen molar-refractivity contribution in [3.63, 3.8) is 0 Å². The molecule has 2 aliphatic heterocycles. The van der Waals surface area contributed by atoms with Crippen molar-refractivity contribution in [2.75, 3.05) is 23.0 Å². The molecule has 3 amide bonds. The lowest BCUT2D eigenvalue weighted by Gasteiger charge is -2.29. The van der Waals surface area contributed by atoms with Gasteiger partial charge in [0.2, 0.25) is 0 Å². The summed E-state index contributed by atoms with van der Waals surface area (Å²) in [5.41, 5.74) is 0.433. The standard InChI is InChI=1S/C17H15FN2O5/c1-4-5-19-12-7-11(10(18)6-13(12)24-8-14(19)21)20-16(22)15(9(2)3)25-17(20)23/h4,6-7H,1,5,8H2,2-3H3. The summed E-state index contributed by atoms with van der Waals surface area (Å²) in [6, 6.07) is 2.26. The van der Waals surface area contributed by atoms with Gasteiger partial charge in [0.15, 0.2) is 18.2 Å². The van der Waals surface area contributed by atoms with E-state index in [1.54, 1.807) is 13.8 Å². The SMILES string of the molecule is C=CCN1C(=O)COc2cc(F)c(N3C(=O)OC(=C(C)C)C3=O)cc21. The first-order valence-electron chi connectivity index (χ1n) is 7.46. The highest BCUT2D eigenvalue weighted by Gasteiger charge is 2.41. The largest absolute Gasteiger partial charge is 0.481 e. The molecule has 1 fully saturated rings. The smallest absolute Gasteiger partial charge is 0.427 e. The average molecular weight is 346 g/mol. The van der Waals surface area contributed by atoms with Crippen LogP contribution in [0.25, 0.3) is 0 Å². The number of ether oxygens (including phenoxy) is 2. The predicted molar refractivity (Wildman–Crippen MR) is 86.8 cm³/mol. The number of anilines is 2. The molecule has 0 N–H and O–H groups in total. The van der Waals surface area contributed by atoms with Gasteiger partial charge in [0.05, 0.1) is 11.4 Å². The molecule has 0 radical (unpaired) electrons. The zero-order chi connectivity index (χ0) is 18.3. The summed E-state index contributed by atoms with van der Waals surface area (Å²) in [6.45, 7) is 6.73. The van der Waals surface area contributed by atoms with E-state index in [9.17, 15) is 18.8 Å². The molecular weight excluding hydrogens is 331 g/mol. The number of hydrogen-bond donors (Lipinski definition) is 0. The Morgan fingerprint density at radius 3 is 2.60 bits per heavy atom. The molecule has 0 spiro atoms. The zero-order valence-corrected chi connectivity index (χ0v) is 13.7.